The number of halogens is 1. The summed E-state index contributed by atoms with van der Waals surface area (Å²) < 4.78 is 7.72. The fraction of sp³-hybridized carbons (Fsp3) is 0.231. The third-order valence-electron chi connectivity index (χ3n) is 6.30. The predicted molar refractivity (Wildman–Crippen MR) is 130 cm³/mol. The van der Waals surface area contributed by atoms with Crippen LogP contribution in [0.25, 0.3) is 0 Å². The average Bonchev–Trinajstić information content (AvgIpc) is 2.87. The summed E-state index contributed by atoms with van der Waals surface area (Å²) >= 11 is 6.59. The third kappa shape index (κ3) is 3.62. The molecule has 1 N–H and O–H groups in total. The zero-order valence-electron chi connectivity index (χ0n) is 18.6. The molecule has 2 aliphatic rings. The Hall–Kier alpha value is -3.71. The number of aromatic hydroxyl groups is 1. The van der Waals surface area contributed by atoms with Crippen LogP contribution in [0.15, 0.2) is 77.7 Å². The zero-order chi connectivity index (χ0) is 23.8. The second kappa shape index (κ2) is 8.91. The molecule has 5 rings (SSSR count). The van der Waals surface area contributed by atoms with Gasteiger partial charge >= 0.3 is 0 Å². The van der Waals surface area contributed by atoms with Gasteiger partial charge in [0, 0.05) is 17.8 Å². The Bertz CT molecular complexity index is 1320. The lowest BCUT2D eigenvalue weighted by Gasteiger charge is -2.45. The summed E-state index contributed by atoms with van der Waals surface area (Å²) in [6.45, 7) is 2.50. The van der Waals surface area contributed by atoms with E-state index in [0.717, 1.165) is 11.1 Å². The minimum Gasteiger partial charge on any atom is -0.502 e. The first-order valence-corrected chi connectivity index (χ1v) is 11.5. The van der Waals surface area contributed by atoms with Crippen LogP contribution in [0.5, 0.6) is 11.5 Å². The van der Waals surface area contributed by atoms with Crippen LogP contribution in [0.1, 0.15) is 41.0 Å². The minimum absolute atomic E-state index is 0.0599. The largest absolute Gasteiger partial charge is 0.502 e. The van der Waals surface area contributed by atoms with E-state index < -0.39 is 23.1 Å². The van der Waals surface area contributed by atoms with Gasteiger partial charge in [-0.1, -0.05) is 67.1 Å². The number of benzene rings is 2. The van der Waals surface area contributed by atoms with Crippen LogP contribution in [-0.2, 0) is 0 Å². The number of carbonyl (C=O) groups excluding carboxylic acids is 1. The summed E-state index contributed by atoms with van der Waals surface area (Å²) in [5.74, 6) is -0.417. The monoisotopic (exact) mass is 477 g/mol. The van der Waals surface area contributed by atoms with Gasteiger partial charge in [-0.05, 0) is 24.1 Å². The molecule has 0 saturated carbocycles. The van der Waals surface area contributed by atoms with Gasteiger partial charge in [-0.25, -0.2) is 0 Å². The molecule has 1 amide bonds. The lowest BCUT2D eigenvalue weighted by atomic mass is 9.96. The van der Waals surface area contributed by atoms with Crippen LogP contribution < -0.4 is 15.2 Å². The molecule has 0 radical (unpaired) electrons. The molecule has 0 saturated heterocycles. The summed E-state index contributed by atoms with van der Waals surface area (Å²) in [5.41, 5.74) is 1.08. The summed E-state index contributed by atoms with van der Waals surface area (Å²) in [6, 6.07) is 16.0. The first kappa shape index (κ1) is 22.1. The van der Waals surface area contributed by atoms with E-state index in [-0.39, 0.29) is 25.0 Å². The topological polar surface area (TPSA) is 75.0 Å². The second-order valence-corrected chi connectivity index (χ2v) is 8.67. The summed E-state index contributed by atoms with van der Waals surface area (Å²) in [4.78, 5) is 27.6. The van der Waals surface area contributed by atoms with Crippen molar-refractivity contribution in [3.05, 3.63) is 105 Å². The fourth-order valence-corrected chi connectivity index (χ4v) is 4.90. The number of para-hydroxylation sites is 1. The smallest absolute Gasteiger partial charge is 0.278 e. The quantitative estimate of drug-likeness (QED) is 0.563. The van der Waals surface area contributed by atoms with Gasteiger partial charge in [-0.3, -0.25) is 19.3 Å². The van der Waals surface area contributed by atoms with Gasteiger partial charge in [0.25, 0.3) is 5.91 Å². The van der Waals surface area contributed by atoms with E-state index in [1.54, 1.807) is 15.6 Å². The Morgan fingerprint density at radius 3 is 2.65 bits per heavy atom. The zero-order valence-corrected chi connectivity index (χ0v) is 19.4. The van der Waals surface area contributed by atoms with Crippen molar-refractivity contribution in [1.29, 1.82) is 0 Å². The molecule has 0 spiro atoms. The van der Waals surface area contributed by atoms with Crippen molar-refractivity contribution in [2.45, 2.75) is 25.4 Å². The first-order valence-electron chi connectivity index (χ1n) is 11.2. The Labute approximate surface area is 202 Å². The third-order valence-corrected chi connectivity index (χ3v) is 6.60. The molecule has 0 unspecified atom stereocenters. The molecule has 7 nitrogen and oxygen atoms in total. The van der Waals surface area contributed by atoms with E-state index in [0.29, 0.717) is 17.2 Å². The van der Waals surface area contributed by atoms with Crippen LogP contribution in [0, 0.1) is 0 Å². The molecule has 174 valence electrons. The standard InChI is InChI=1S/C26H24ClN3O4/c1-2-18-10-7-15-34-25-19(11-6-12-20(25)27)22(17-8-4-3-5-9-17)30-16-28(18)26(33)23-24(32)21(31)13-14-29(23)30/h3-14,18,22,32H,2,15-16H2,1H3/b10-7-/t18-,22-/m1/s1. The number of rotatable bonds is 2. The van der Waals surface area contributed by atoms with Crippen LogP contribution in [0.3, 0.4) is 0 Å². The molecule has 2 aliphatic heterocycles. The number of pyridine rings is 1. The summed E-state index contributed by atoms with van der Waals surface area (Å²) in [7, 11) is 0. The molecule has 1 aromatic heterocycles. The van der Waals surface area contributed by atoms with Crippen LogP contribution in [0.4, 0.5) is 0 Å². The van der Waals surface area contributed by atoms with Gasteiger partial charge in [0.15, 0.2) is 11.4 Å². The molecular formula is C26H24ClN3O4. The van der Waals surface area contributed by atoms with E-state index in [9.17, 15) is 14.7 Å². The Balaban J connectivity index is 1.83. The maximum atomic E-state index is 13.6. The highest BCUT2D eigenvalue weighted by Crippen LogP contribution is 2.40. The Morgan fingerprint density at radius 2 is 1.88 bits per heavy atom. The molecular weight excluding hydrogens is 454 g/mol. The van der Waals surface area contributed by atoms with E-state index in [1.165, 1.54) is 12.3 Å². The molecule has 34 heavy (non-hydrogen) atoms. The molecule has 0 aliphatic carbocycles. The minimum atomic E-state index is -0.600. The maximum absolute atomic E-state index is 13.6. The van der Waals surface area contributed by atoms with Crippen molar-refractivity contribution in [3.63, 3.8) is 0 Å². The molecule has 2 atom stereocenters. The van der Waals surface area contributed by atoms with E-state index >= 15 is 0 Å². The summed E-state index contributed by atoms with van der Waals surface area (Å²) in [6.07, 6.45) is 5.97. The Kier molecular flexibility index (Phi) is 5.79. The highest BCUT2D eigenvalue weighted by Gasteiger charge is 2.39. The van der Waals surface area contributed by atoms with E-state index in [4.69, 9.17) is 16.3 Å². The molecule has 8 heteroatoms. The van der Waals surface area contributed by atoms with E-state index in [1.807, 2.05) is 66.5 Å². The van der Waals surface area contributed by atoms with Gasteiger partial charge in [0.1, 0.15) is 25.1 Å². The number of hydrogen-bond acceptors (Lipinski definition) is 5. The second-order valence-electron chi connectivity index (χ2n) is 8.26. The number of amides is 1. The van der Waals surface area contributed by atoms with Crippen molar-refractivity contribution in [2.75, 3.05) is 18.3 Å². The maximum Gasteiger partial charge on any atom is 0.278 e. The first-order chi connectivity index (χ1) is 16.5. The van der Waals surface area contributed by atoms with Crippen molar-refractivity contribution < 1.29 is 14.6 Å². The number of ether oxygens (including phenoxy) is 1. The van der Waals surface area contributed by atoms with Crippen molar-refractivity contribution in [3.8, 4) is 11.5 Å². The lowest BCUT2D eigenvalue weighted by Crippen LogP contribution is -2.57. The molecule has 2 bridgehead atoms. The van der Waals surface area contributed by atoms with Crippen LogP contribution in [-0.4, -0.2) is 39.9 Å². The molecule has 0 fully saturated rings. The molecule has 2 aromatic carbocycles. The van der Waals surface area contributed by atoms with Crippen LogP contribution in [0.2, 0.25) is 5.02 Å². The fourth-order valence-electron chi connectivity index (χ4n) is 4.66. The summed E-state index contributed by atoms with van der Waals surface area (Å²) in [5, 5.41) is 13.1. The van der Waals surface area contributed by atoms with Gasteiger partial charge in [0.05, 0.1) is 11.1 Å². The number of aromatic nitrogens is 1. The van der Waals surface area contributed by atoms with Gasteiger partial charge < -0.3 is 14.7 Å². The number of hydrogen-bond donors (Lipinski definition) is 1. The molecule has 3 aromatic rings. The highest BCUT2D eigenvalue weighted by atomic mass is 35.5. The van der Waals surface area contributed by atoms with Gasteiger partial charge in [0.2, 0.25) is 5.43 Å². The Morgan fingerprint density at radius 1 is 1.09 bits per heavy atom. The van der Waals surface area contributed by atoms with Crippen molar-refractivity contribution >= 4 is 17.5 Å². The lowest BCUT2D eigenvalue weighted by molar-refractivity contribution is 0.0626. The van der Waals surface area contributed by atoms with Gasteiger partial charge in [-0.15, -0.1) is 0 Å². The number of carbonyl (C=O) groups is 1. The van der Waals surface area contributed by atoms with Crippen molar-refractivity contribution in [1.82, 2.24) is 9.58 Å². The highest BCUT2D eigenvalue weighted by molar-refractivity contribution is 6.32. The van der Waals surface area contributed by atoms with Crippen molar-refractivity contribution in [2.24, 2.45) is 0 Å². The number of fused-ring (bicyclic) bond motifs is 5. The SMILES string of the molecule is CC[C@@H]1/C=C\COc2c(Cl)cccc2[C@@H](c2ccccc2)N2CN1C(=O)c1c(O)c(=O)ccn12. The van der Waals surface area contributed by atoms with E-state index in [2.05, 4.69) is 0 Å². The average molecular weight is 478 g/mol. The molecule has 3 heterocycles. The number of nitrogens with zero attached hydrogens (tertiary/aromatic N) is 3. The van der Waals surface area contributed by atoms with Gasteiger partial charge in [-0.2, -0.15) is 0 Å². The predicted octanol–water partition coefficient (Wildman–Crippen LogP) is 4.08. The normalized spacial score (nSPS) is 20.6. The van der Waals surface area contributed by atoms with Crippen LogP contribution >= 0.6 is 11.6 Å².